The quantitative estimate of drug-likeness (QED) is 0.729. The molecule has 6 nitrogen and oxygen atoms in total. The molecule has 26 heavy (non-hydrogen) atoms. The fraction of sp³-hybridized carbons (Fsp3) is 0.526. The van der Waals surface area contributed by atoms with Crippen LogP contribution in [0.4, 0.5) is 11.6 Å². The van der Waals surface area contributed by atoms with E-state index < -0.39 is 0 Å². The first-order valence-corrected chi connectivity index (χ1v) is 10.4. The van der Waals surface area contributed by atoms with Crippen LogP contribution < -0.4 is 9.80 Å². The van der Waals surface area contributed by atoms with Crippen molar-refractivity contribution in [2.45, 2.75) is 43.3 Å². The Bertz CT molecular complexity index is 753. The van der Waals surface area contributed by atoms with E-state index >= 15 is 0 Å². The minimum Gasteiger partial charge on any atom is -0.341 e. The van der Waals surface area contributed by atoms with Crippen LogP contribution in [0.15, 0.2) is 35.5 Å². The Morgan fingerprint density at radius 3 is 2.58 bits per heavy atom. The molecule has 1 aromatic heterocycles. The summed E-state index contributed by atoms with van der Waals surface area (Å²) >= 11 is 1.50. The predicted molar refractivity (Wildman–Crippen MR) is 105 cm³/mol. The number of amides is 1. The van der Waals surface area contributed by atoms with E-state index in [1.54, 1.807) is 4.90 Å². The maximum atomic E-state index is 12.6. The largest absolute Gasteiger partial charge is 0.341 e. The maximum absolute atomic E-state index is 12.6. The van der Waals surface area contributed by atoms with E-state index in [0.29, 0.717) is 11.8 Å². The van der Waals surface area contributed by atoms with Gasteiger partial charge in [0, 0.05) is 31.9 Å². The standard InChI is InChI=1S/C19H25N5OS/c1-22(15-8-4-2-5-9-15)17(25)14-26-19-21-20-18(24(19)16-10-11-16)23-12-6-3-7-13-23/h2,4-5,8-9,16H,3,6-7,10-14H2,1H3. The van der Waals surface area contributed by atoms with E-state index in [-0.39, 0.29) is 5.91 Å². The highest BCUT2D eigenvalue weighted by atomic mass is 32.2. The zero-order chi connectivity index (χ0) is 17.9. The molecule has 1 saturated heterocycles. The lowest BCUT2D eigenvalue weighted by molar-refractivity contribution is -0.115. The predicted octanol–water partition coefficient (Wildman–Crippen LogP) is 3.36. The van der Waals surface area contributed by atoms with Crippen LogP contribution in [-0.4, -0.2) is 46.6 Å². The van der Waals surface area contributed by atoms with Crippen LogP contribution in [-0.2, 0) is 4.79 Å². The van der Waals surface area contributed by atoms with Gasteiger partial charge >= 0.3 is 0 Å². The number of hydrogen-bond acceptors (Lipinski definition) is 5. The van der Waals surface area contributed by atoms with E-state index in [4.69, 9.17) is 0 Å². The van der Waals surface area contributed by atoms with E-state index in [1.807, 2.05) is 37.4 Å². The summed E-state index contributed by atoms with van der Waals surface area (Å²) in [4.78, 5) is 16.6. The molecule has 1 aromatic carbocycles. The third-order valence-electron chi connectivity index (χ3n) is 5.04. The van der Waals surface area contributed by atoms with Crippen molar-refractivity contribution in [1.82, 2.24) is 14.8 Å². The highest BCUT2D eigenvalue weighted by Gasteiger charge is 2.32. The van der Waals surface area contributed by atoms with E-state index in [2.05, 4.69) is 19.7 Å². The first-order valence-electron chi connectivity index (χ1n) is 9.38. The molecular formula is C19H25N5OS. The normalized spacial score (nSPS) is 17.3. The van der Waals surface area contributed by atoms with Gasteiger partial charge in [-0.2, -0.15) is 0 Å². The molecule has 1 aliphatic carbocycles. The first kappa shape index (κ1) is 17.4. The molecule has 4 rings (SSSR count). The average Bonchev–Trinajstić information content (AvgIpc) is 3.45. The van der Waals surface area contributed by atoms with Gasteiger partial charge in [0.15, 0.2) is 5.16 Å². The molecule has 2 aromatic rings. The number of rotatable bonds is 6. The van der Waals surface area contributed by atoms with Gasteiger partial charge in [0.25, 0.3) is 0 Å². The van der Waals surface area contributed by atoms with Crippen molar-refractivity contribution in [3.05, 3.63) is 30.3 Å². The van der Waals surface area contributed by atoms with Gasteiger partial charge in [0.2, 0.25) is 11.9 Å². The van der Waals surface area contributed by atoms with Crippen LogP contribution in [0.5, 0.6) is 0 Å². The highest BCUT2D eigenvalue weighted by molar-refractivity contribution is 7.99. The fourth-order valence-electron chi connectivity index (χ4n) is 3.35. The minimum atomic E-state index is 0.0751. The van der Waals surface area contributed by atoms with Crippen LogP contribution in [0, 0.1) is 0 Å². The number of aromatic nitrogens is 3. The van der Waals surface area contributed by atoms with Crippen LogP contribution in [0.3, 0.4) is 0 Å². The van der Waals surface area contributed by atoms with Gasteiger partial charge in [-0.15, -0.1) is 10.2 Å². The second-order valence-corrected chi connectivity index (χ2v) is 7.95. The number of hydrogen-bond donors (Lipinski definition) is 0. The fourth-order valence-corrected chi connectivity index (χ4v) is 4.26. The molecule has 2 aliphatic rings. The van der Waals surface area contributed by atoms with Gasteiger partial charge in [-0.25, -0.2) is 0 Å². The summed E-state index contributed by atoms with van der Waals surface area (Å²) in [5.74, 6) is 1.45. The number of anilines is 2. The van der Waals surface area contributed by atoms with Crippen molar-refractivity contribution < 1.29 is 4.79 Å². The van der Waals surface area contributed by atoms with Gasteiger partial charge in [-0.05, 0) is 44.2 Å². The third-order valence-corrected chi connectivity index (χ3v) is 5.97. The van der Waals surface area contributed by atoms with Gasteiger partial charge in [-0.1, -0.05) is 30.0 Å². The van der Waals surface area contributed by atoms with Crippen molar-refractivity contribution in [2.75, 3.05) is 35.7 Å². The van der Waals surface area contributed by atoms with E-state index in [1.165, 1.54) is 43.9 Å². The lowest BCUT2D eigenvalue weighted by atomic mass is 10.1. The molecule has 1 aliphatic heterocycles. The maximum Gasteiger partial charge on any atom is 0.237 e. The topological polar surface area (TPSA) is 54.3 Å². The molecule has 0 radical (unpaired) electrons. The second kappa shape index (κ2) is 7.70. The highest BCUT2D eigenvalue weighted by Crippen LogP contribution is 2.41. The molecule has 7 heteroatoms. The molecule has 1 amide bonds. The smallest absolute Gasteiger partial charge is 0.237 e. The minimum absolute atomic E-state index is 0.0751. The molecule has 2 heterocycles. The Labute approximate surface area is 158 Å². The Morgan fingerprint density at radius 2 is 1.88 bits per heavy atom. The summed E-state index contributed by atoms with van der Waals surface area (Å²) in [5.41, 5.74) is 0.913. The van der Waals surface area contributed by atoms with Crippen molar-refractivity contribution in [3.8, 4) is 0 Å². The van der Waals surface area contributed by atoms with Crippen molar-refractivity contribution in [2.24, 2.45) is 0 Å². The zero-order valence-electron chi connectivity index (χ0n) is 15.2. The Kier molecular flexibility index (Phi) is 5.15. The SMILES string of the molecule is CN(C(=O)CSc1nnc(N2CCCCC2)n1C1CC1)c1ccccc1. The summed E-state index contributed by atoms with van der Waals surface area (Å²) in [6, 6.07) is 10.2. The number of nitrogens with zero attached hydrogens (tertiary/aromatic N) is 5. The number of thioether (sulfide) groups is 1. The third kappa shape index (κ3) is 3.72. The van der Waals surface area contributed by atoms with Gasteiger partial charge in [0.1, 0.15) is 0 Å². The summed E-state index contributed by atoms with van der Waals surface area (Å²) < 4.78 is 2.27. The van der Waals surface area contributed by atoms with Crippen LogP contribution in [0.2, 0.25) is 0 Å². The second-order valence-electron chi connectivity index (χ2n) is 7.01. The molecule has 0 spiro atoms. The molecule has 0 atom stereocenters. The monoisotopic (exact) mass is 371 g/mol. The molecule has 138 valence electrons. The first-order chi connectivity index (χ1) is 12.7. The molecular weight excluding hydrogens is 346 g/mol. The number of piperidine rings is 1. The van der Waals surface area contributed by atoms with Crippen LogP contribution in [0.25, 0.3) is 0 Å². The van der Waals surface area contributed by atoms with E-state index in [9.17, 15) is 4.79 Å². The van der Waals surface area contributed by atoms with Gasteiger partial charge < -0.3 is 9.80 Å². The zero-order valence-corrected chi connectivity index (χ0v) is 16.0. The molecule has 2 fully saturated rings. The Morgan fingerprint density at radius 1 is 1.15 bits per heavy atom. The van der Waals surface area contributed by atoms with Crippen molar-refractivity contribution >= 4 is 29.3 Å². The number of carbonyl (C=O) groups is 1. The summed E-state index contributed by atoms with van der Waals surface area (Å²) in [7, 11) is 1.82. The molecule has 0 unspecified atom stereocenters. The lowest BCUT2D eigenvalue weighted by Gasteiger charge is -2.27. The lowest BCUT2D eigenvalue weighted by Crippen LogP contribution is -2.32. The van der Waals surface area contributed by atoms with Crippen LogP contribution >= 0.6 is 11.8 Å². The van der Waals surface area contributed by atoms with Gasteiger partial charge in [0.05, 0.1) is 5.75 Å². The molecule has 0 bridgehead atoms. The van der Waals surface area contributed by atoms with Crippen molar-refractivity contribution in [3.63, 3.8) is 0 Å². The van der Waals surface area contributed by atoms with Gasteiger partial charge in [-0.3, -0.25) is 9.36 Å². The number of para-hydroxylation sites is 1. The van der Waals surface area contributed by atoms with E-state index in [0.717, 1.165) is 29.9 Å². The Hall–Kier alpha value is -2.02. The summed E-state index contributed by atoms with van der Waals surface area (Å²) in [5, 5.41) is 9.77. The average molecular weight is 372 g/mol. The van der Waals surface area contributed by atoms with Crippen LogP contribution in [0.1, 0.15) is 38.1 Å². The molecule has 1 saturated carbocycles. The Balaban J connectivity index is 1.45. The summed E-state index contributed by atoms with van der Waals surface area (Å²) in [6.07, 6.45) is 6.12. The molecule has 0 N–H and O–H groups in total. The number of carbonyl (C=O) groups excluding carboxylic acids is 1. The summed E-state index contributed by atoms with van der Waals surface area (Å²) in [6.45, 7) is 2.12. The number of benzene rings is 1. The van der Waals surface area contributed by atoms with Crippen molar-refractivity contribution in [1.29, 1.82) is 0 Å².